The minimum absolute atomic E-state index is 0.0693. The molecule has 196 valence electrons. The fourth-order valence-electron chi connectivity index (χ4n) is 9.18. The summed E-state index contributed by atoms with van der Waals surface area (Å²) in [5.41, 5.74) is 1.24. The van der Waals surface area contributed by atoms with Crippen molar-refractivity contribution < 1.29 is 23.9 Å². The smallest absolute Gasteiger partial charge is 0.305 e. The van der Waals surface area contributed by atoms with Gasteiger partial charge in [-0.3, -0.25) is 14.4 Å². The Hall–Kier alpha value is -1.65. The molecule has 0 aromatic heterocycles. The van der Waals surface area contributed by atoms with E-state index in [1.54, 1.807) is 0 Å². The number of rotatable bonds is 6. The van der Waals surface area contributed by atoms with Crippen molar-refractivity contribution in [3.05, 3.63) is 11.6 Å². The number of ketones is 1. The van der Waals surface area contributed by atoms with Crippen LogP contribution in [0.1, 0.15) is 98.8 Å². The normalized spacial score (nSPS) is 42.6. The van der Waals surface area contributed by atoms with Gasteiger partial charge in [0.2, 0.25) is 0 Å². The number of esters is 2. The number of fused-ring (bicyclic) bond motifs is 5. The average molecular weight is 487 g/mol. The summed E-state index contributed by atoms with van der Waals surface area (Å²) in [5, 5.41) is 0. The summed E-state index contributed by atoms with van der Waals surface area (Å²) >= 11 is 0. The van der Waals surface area contributed by atoms with E-state index in [-0.39, 0.29) is 40.7 Å². The van der Waals surface area contributed by atoms with Gasteiger partial charge >= 0.3 is 11.9 Å². The Morgan fingerprint density at radius 1 is 1.06 bits per heavy atom. The van der Waals surface area contributed by atoms with Crippen LogP contribution in [0.25, 0.3) is 0 Å². The van der Waals surface area contributed by atoms with Crippen LogP contribution in [0.4, 0.5) is 0 Å². The highest BCUT2D eigenvalue weighted by atomic mass is 16.5. The highest BCUT2D eigenvalue weighted by Crippen LogP contribution is 2.68. The van der Waals surface area contributed by atoms with Crippen LogP contribution in [0, 0.1) is 46.3 Å². The second-order valence-corrected chi connectivity index (χ2v) is 12.5. The number of hydrogen-bond acceptors (Lipinski definition) is 5. The molecular weight excluding hydrogens is 440 g/mol. The van der Waals surface area contributed by atoms with E-state index in [1.807, 2.05) is 13.8 Å². The molecule has 5 heteroatoms. The molecule has 4 aliphatic carbocycles. The maximum absolute atomic E-state index is 14.2. The van der Waals surface area contributed by atoms with Crippen LogP contribution in [0.15, 0.2) is 11.6 Å². The van der Waals surface area contributed by atoms with Crippen LogP contribution in [0.3, 0.4) is 0 Å². The lowest BCUT2D eigenvalue weighted by atomic mass is 9.43. The third-order valence-corrected chi connectivity index (χ3v) is 11.1. The van der Waals surface area contributed by atoms with Gasteiger partial charge in [0, 0.05) is 18.8 Å². The van der Waals surface area contributed by atoms with Crippen LogP contribution in [-0.2, 0) is 23.9 Å². The van der Waals surface area contributed by atoms with Crippen LogP contribution in [-0.4, -0.2) is 30.9 Å². The van der Waals surface area contributed by atoms with Gasteiger partial charge in [-0.15, -0.1) is 0 Å². The fourth-order valence-corrected chi connectivity index (χ4v) is 9.18. The van der Waals surface area contributed by atoms with Gasteiger partial charge in [0.1, 0.15) is 6.10 Å². The molecule has 4 rings (SSSR count). The molecule has 0 aromatic carbocycles. The van der Waals surface area contributed by atoms with E-state index in [0.29, 0.717) is 42.3 Å². The lowest BCUT2D eigenvalue weighted by Gasteiger charge is -2.61. The summed E-state index contributed by atoms with van der Waals surface area (Å²) < 4.78 is 10.6. The third-order valence-electron chi connectivity index (χ3n) is 11.1. The number of methoxy groups -OCH3 is 1. The molecule has 35 heavy (non-hydrogen) atoms. The Kier molecular flexibility index (Phi) is 7.56. The minimum atomic E-state index is -0.132. The largest absolute Gasteiger partial charge is 0.469 e. The summed E-state index contributed by atoms with van der Waals surface area (Å²) in [6.45, 7) is 11.0. The van der Waals surface area contributed by atoms with Gasteiger partial charge < -0.3 is 9.47 Å². The molecule has 4 fully saturated rings. The number of hydrogen-bond donors (Lipinski definition) is 0. The van der Waals surface area contributed by atoms with Gasteiger partial charge in [0.05, 0.1) is 7.11 Å². The van der Waals surface area contributed by atoms with Crippen molar-refractivity contribution in [3.8, 4) is 0 Å². The van der Waals surface area contributed by atoms with Gasteiger partial charge in [-0.1, -0.05) is 33.8 Å². The first kappa shape index (κ1) is 26.4. The maximum Gasteiger partial charge on any atom is 0.305 e. The molecule has 0 aliphatic heterocycles. The number of ether oxygens (including phenoxy) is 2. The monoisotopic (exact) mass is 486 g/mol. The van der Waals surface area contributed by atoms with Crippen molar-refractivity contribution in [3.63, 3.8) is 0 Å². The Labute approximate surface area is 211 Å². The van der Waals surface area contributed by atoms with Crippen molar-refractivity contribution in [2.75, 3.05) is 7.11 Å². The van der Waals surface area contributed by atoms with Gasteiger partial charge in [-0.25, -0.2) is 0 Å². The van der Waals surface area contributed by atoms with Gasteiger partial charge in [-0.2, -0.15) is 0 Å². The summed E-state index contributed by atoms with van der Waals surface area (Å²) in [4.78, 5) is 37.9. The number of Topliss-reactive ketones (excluding diaryl/α,β-unsaturated/α-hetero) is 1. The van der Waals surface area contributed by atoms with Crippen LogP contribution < -0.4 is 0 Å². The second kappa shape index (κ2) is 10.0. The van der Waals surface area contributed by atoms with Gasteiger partial charge in [-0.05, 0) is 104 Å². The Morgan fingerprint density at radius 2 is 1.74 bits per heavy atom. The average Bonchev–Trinajstić information content (AvgIpc) is 3.20. The van der Waals surface area contributed by atoms with Crippen molar-refractivity contribution >= 4 is 17.7 Å². The van der Waals surface area contributed by atoms with E-state index >= 15 is 0 Å². The van der Waals surface area contributed by atoms with E-state index in [4.69, 9.17) is 9.47 Å². The van der Waals surface area contributed by atoms with E-state index in [9.17, 15) is 14.4 Å². The number of carbonyl (C=O) groups is 3. The SMILES string of the molecule is CC=C1C(=O)C2C(CC[C@@]3(C)C2CCC3[C@H](C)CCC(=O)OC)[C@@]2(C)CC[C@@H](OC(=O)CC)CC12. The zero-order chi connectivity index (χ0) is 25.5. The maximum atomic E-state index is 14.2. The summed E-state index contributed by atoms with van der Waals surface area (Å²) in [5.74, 6) is 2.24. The predicted molar refractivity (Wildman–Crippen MR) is 135 cm³/mol. The molecule has 4 aliphatic rings. The lowest BCUT2D eigenvalue weighted by molar-refractivity contribution is -0.161. The number of allylic oxidation sites excluding steroid dienone is 2. The molecule has 5 nitrogen and oxygen atoms in total. The van der Waals surface area contributed by atoms with E-state index < -0.39 is 0 Å². The lowest BCUT2D eigenvalue weighted by Crippen LogP contribution is -2.58. The third kappa shape index (κ3) is 4.39. The predicted octanol–water partition coefficient (Wildman–Crippen LogP) is 6.29. The van der Waals surface area contributed by atoms with Crippen molar-refractivity contribution in [2.24, 2.45) is 46.3 Å². The first-order valence-electron chi connectivity index (χ1n) is 14.1. The number of carbonyl (C=O) groups excluding carboxylic acids is 3. The zero-order valence-corrected chi connectivity index (χ0v) is 22.7. The molecule has 5 unspecified atom stereocenters. The molecule has 0 saturated heterocycles. The Morgan fingerprint density at radius 3 is 2.40 bits per heavy atom. The second-order valence-electron chi connectivity index (χ2n) is 12.5. The van der Waals surface area contributed by atoms with Crippen LogP contribution >= 0.6 is 0 Å². The molecule has 0 spiro atoms. The topological polar surface area (TPSA) is 69.7 Å². The molecule has 4 saturated carbocycles. The first-order chi connectivity index (χ1) is 16.6. The Bertz CT molecular complexity index is 876. The van der Waals surface area contributed by atoms with E-state index in [1.165, 1.54) is 13.5 Å². The Balaban J connectivity index is 1.57. The molecule has 9 atom stereocenters. The molecule has 0 heterocycles. The van der Waals surface area contributed by atoms with Gasteiger partial charge in [0.25, 0.3) is 0 Å². The summed E-state index contributed by atoms with van der Waals surface area (Å²) in [6.07, 6.45) is 11.0. The molecule has 0 N–H and O–H groups in total. The van der Waals surface area contributed by atoms with E-state index in [2.05, 4.69) is 26.8 Å². The molecule has 0 aromatic rings. The first-order valence-corrected chi connectivity index (χ1v) is 14.1. The molecule has 0 bridgehead atoms. The zero-order valence-electron chi connectivity index (χ0n) is 22.7. The molecule has 0 radical (unpaired) electrons. The standard InChI is InChI=1S/C30H46O5/c1-7-20-24-17-19(35-25(31)8-2)13-15-30(24,5)23-14-16-29(4)21(18(3)9-12-26(32)34-6)10-11-22(29)27(23)28(20)33/h7,18-19,21-24,27H,8-17H2,1-6H3/t18-,19-,21?,22?,23?,24?,27?,29-,30-/m1/s1. The van der Waals surface area contributed by atoms with Crippen LogP contribution in [0.5, 0.6) is 0 Å². The van der Waals surface area contributed by atoms with Gasteiger partial charge in [0.15, 0.2) is 5.78 Å². The van der Waals surface area contributed by atoms with Crippen LogP contribution in [0.2, 0.25) is 0 Å². The quantitative estimate of drug-likeness (QED) is 0.326. The fraction of sp³-hybridized carbons (Fsp3) is 0.833. The minimum Gasteiger partial charge on any atom is -0.469 e. The molecule has 0 amide bonds. The summed E-state index contributed by atoms with van der Waals surface area (Å²) in [7, 11) is 1.46. The van der Waals surface area contributed by atoms with Crippen molar-refractivity contribution in [1.82, 2.24) is 0 Å². The van der Waals surface area contributed by atoms with E-state index in [0.717, 1.165) is 50.5 Å². The molecular formula is C30H46O5. The highest BCUT2D eigenvalue weighted by Gasteiger charge is 2.64. The summed E-state index contributed by atoms with van der Waals surface area (Å²) in [6, 6.07) is 0. The van der Waals surface area contributed by atoms with Crippen molar-refractivity contribution in [2.45, 2.75) is 105 Å². The van der Waals surface area contributed by atoms with Crippen molar-refractivity contribution in [1.29, 1.82) is 0 Å². The highest BCUT2D eigenvalue weighted by molar-refractivity contribution is 5.99.